The van der Waals surface area contributed by atoms with Crippen molar-refractivity contribution >= 4 is 5.97 Å². The summed E-state index contributed by atoms with van der Waals surface area (Å²) in [7, 11) is 0. The Morgan fingerprint density at radius 2 is 2.10 bits per heavy atom. The first-order chi connectivity index (χ1) is 9.52. The van der Waals surface area contributed by atoms with Crippen molar-refractivity contribution in [3.05, 3.63) is 46.8 Å². The van der Waals surface area contributed by atoms with Crippen molar-refractivity contribution in [3.8, 4) is 5.69 Å². The Bertz CT molecular complexity index is 632. The molecule has 0 aliphatic carbocycles. The number of hydrogen-bond donors (Lipinski definition) is 2. The summed E-state index contributed by atoms with van der Waals surface area (Å²) in [5, 5.41) is 22.2. The number of hydrogen-bond acceptors (Lipinski definition) is 3. The van der Waals surface area contributed by atoms with Gasteiger partial charge in [-0.3, -0.25) is 0 Å². The summed E-state index contributed by atoms with van der Waals surface area (Å²) in [5.74, 6) is -1.04. The predicted octanol–water partition coefficient (Wildman–Crippen LogP) is 2.11. The molecule has 0 fully saturated rings. The second-order valence-corrected chi connectivity index (χ2v) is 4.87. The zero-order chi connectivity index (χ0) is 14.7. The molecule has 0 atom stereocenters. The lowest BCUT2D eigenvalue weighted by molar-refractivity contribution is 0.0688. The van der Waals surface area contributed by atoms with Gasteiger partial charge in [0.25, 0.3) is 0 Å². The van der Waals surface area contributed by atoms with E-state index in [9.17, 15) is 9.90 Å². The maximum Gasteiger partial charge on any atom is 0.356 e. The fraction of sp³-hybridized carbons (Fsp3) is 0.333. The van der Waals surface area contributed by atoms with E-state index in [0.717, 1.165) is 16.8 Å². The highest BCUT2D eigenvalue weighted by Crippen LogP contribution is 2.18. The molecule has 0 unspecified atom stereocenters. The number of aromatic nitrogens is 2. The van der Waals surface area contributed by atoms with Crippen LogP contribution in [0.15, 0.2) is 24.4 Å². The molecule has 1 aromatic heterocycles. The molecule has 106 valence electrons. The van der Waals surface area contributed by atoms with Crippen LogP contribution in [0.2, 0.25) is 0 Å². The maximum absolute atomic E-state index is 11.2. The smallest absolute Gasteiger partial charge is 0.356 e. The molecule has 2 aromatic rings. The summed E-state index contributed by atoms with van der Waals surface area (Å²) in [6.45, 7) is 4.01. The highest BCUT2D eigenvalue weighted by atomic mass is 16.4. The van der Waals surface area contributed by atoms with Gasteiger partial charge in [-0.1, -0.05) is 17.7 Å². The van der Waals surface area contributed by atoms with Gasteiger partial charge in [-0.2, -0.15) is 5.10 Å². The van der Waals surface area contributed by atoms with Crippen LogP contribution < -0.4 is 0 Å². The normalized spacial score (nSPS) is 10.8. The van der Waals surface area contributed by atoms with Crippen molar-refractivity contribution in [3.63, 3.8) is 0 Å². The number of benzene rings is 1. The zero-order valence-electron chi connectivity index (χ0n) is 11.6. The van der Waals surface area contributed by atoms with E-state index in [0.29, 0.717) is 18.4 Å². The van der Waals surface area contributed by atoms with Crippen LogP contribution in [0.25, 0.3) is 5.69 Å². The molecule has 0 radical (unpaired) electrons. The summed E-state index contributed by atoms with van der Waals surface area (Å²) >= 11 is 0. The van der Waals surface area contributed by atoms with Crippen LogP contribution in [0.5, 0.6) is 0 Å². The van der Waals surface area contributed by atoms with Crippen LogP contribution in [0.3, 0.4) is 0 Å². The van der Waals surface area contributed by atoms with Crippen LogP contribution in [0.4, 0.5) is 0 Å². The van der Waals surface area contributed by atoms with Crippen molar-refractivity contribution in [1.82, 2.24) is 9.78 Å². The zero-order valence-corrected chi connectivity index (χ0v) is 11.6. The van der Waals surface area contributed by atoms with Gasteiger partial charge in [-0.15, -0.1) is 0 Å². The average Bonchev–Trinajstić information content (AvgIpc) is 2.80. The van der Waals surface area contributed by atoms with Crippen LogP contribution in [0.1, 0.15) is 33.6 Å². The van der Waals surface area contributed by atoms with E-state index in [4.69, 9.17) is 5.11 Å². The maximum atomic E-state index is 11.2. The molecule has 1 aromatic carbocycles. The summed E-state index contributed by atoms with van der Waals surface area (Å²) in [6, 6.07) is 5.93. The van der Waals surface area contributed by atoms with E-state index in [-0.39, 0.29) is 12.3 Å². The van der Waals surface area contributed by atoms with Gasteiger partial charge in [0.2, 0.25) is 0 Å². The lowest BCUT2D eigenvalue weighted by atomic mass is 10.1. The van der Waals surface area contributed by atoms with Gasteiger partial charge in [-0.05, 0) is 38.3 Å². The first-order valence-corrected chi connectivity index (χ1v) is 6.53. The Morgan fingerprint density at radius 3 is 2.70 bits per heavy atom. The lowest BCUT2D eigenvalue weighted by Crippen LogP contribution is -2.04. The third kappa shape index (κ3) is 2.88. The number of aliphatic hydroxyl groups excluding tert-OH is 1. The van der Waals surface area contributed by atoms with E-state index >= 15 is 0 Å². The average molecular weight is 274 g/mol. The number of nitrogens with zero attached hydrogens (tertiary/aromatic N) is 2. The third-order valence-corrected chi connectivity index (χ3v) is 3.20. The number of aromatic carboxylic acids is 1. The highest BCUT2D eigenvalue weighted by molar-refractivity contribution is 5.87. The van der Waals surface area contributed by atoms with E-state index in [1.165, 1.54) is 0 Å². The Hall–Kier alpha value is -2.14. The van der Waals surface area contributed by atoms with Crippen molar-refractivity contribution < 1.29 is 15.0 Å². The fourth-order valence-corrected chi connectivity index (χ4v) is 2.23. The van der Waals surface area contributed by atoms with E-state index < -0.39 is 5.97 Å². The minimum Gasteiger partial charge on any atom is -0.476 e. The van der Waals surface area contributed by atoms with Gasteiger partial charge in [0.15, 0.2) is 5.69 Å². The Morgan fingerprint density at radius 1 is 1.35 bits per heavy atom. The summed E-state index contributed by atoms with van der Waals surface area (Å²) in [5.41, 5.74) is 3.76. The van der Waals surface area contributed by atoms with E-state index in [1.807, 2.05) is 32.0 Å². The van der Waals surface area contributed by atoms with Crippen LogP contribution in [-0.2, 0) is 6.42 Å². The summed E-state index contributed by atoms with van der Waals surface area (Å²) < 4.78 is 1.60. The largest absolute Gasteiger partial charge is 0.476 e. The molecule has 5 heteroatoms. The summed E-state index contributed by atoms with van der Waals surface area (Å²) in [4.78, 5) is 11.2. The molecule has 0 aliphatic heterocycles. The van der Waals surface area contributed by atoms with Crippen LogP contribution >= 0.6 is 0 Å². The number of aryl methyl sites for hydroxylation is 3. The van der Waals surface area contributed by atoms with Gasteiger partial charge in [0.05, 0.1) is 5.69 Å². The standard InChI is InChI=1S/C15H18N2O3/c1-10-5-6-13(11(2)8-10)17-9-12(4-3-7-18)14(16-17)15(19)20/h5-6,8-9,18H,3-4,7H2,1-2H3,(H,19,20). The Balaban J connectivity index is 2.44. The monoisotopic (exact) mass is 274 g/mol. The second-order valence-electron chi connectivity index (χ2n) is 4.87. The molecule has 5 nitrogen and oxygen atoms in total. The first-order valence-electron chi connectivity index (χ1n) is 6.53. The number of carboxylic acids is 1. The second kappa shape index (κ2) is 5.88. The number of rotatable bonds is 5. The number of aliphatic hydroxyl groups is 1. The van der Waals surface area contributed by atoms with Gasteiger partial charge >= 0.3 is 5.97 Å². The predicted molar refractivity (Wildman–Crippen MR) is 75.4 cm³/mol. The Kier molecular flexibility index (Phi) is 4.20. The molecule has 0 aliphatic rings. The molecule has 0 amide bonds. The fourth-order valence-electron chi connectivity index (χ4n) is 2.23. The number of carboxylic acid groups (broad SMARTS) is 1. The molecule has 1 heterocycles. The lowest BCUT2D eigenvalue weighted by Gasteiger charge is -2.06. The highest BCUT2D eigenvalue weighted by Gasteiger charge is 2.16. The Labute approximate surface area is 117 Å². The molecular weight excluding hydrogens is 256 g/mol. The van der Waals surface area contributed by atoms with Crippen molar-refractivity contribution in [2.45, 2.75) is 26.7 Å². The third-order valence-electron chi connectivity index (χ3n) is 3.20. The molecule has 2 N–H and O–H groups in total. The molecule has 0 saturated heterocycles. The molecule has 0 spiro atoms. The minimum atomic E-state index is -1.04. The molecule has 20 heavy (non-hydrogen) atoms. The molecule has 0 saturated carbocycles. The molecule has 2 rings (SSSR count). The SMILES string of the molecule is Cc1ccc(-n2cc(CCCO)c(C(=O)O)n2)c(C)c1. The van der Waals surface area contributed by atoms with Crippen molar-refractivity contribution in [1.29, 1.82) is 0 Å². The van der Waals surface area contributed by atoms with Gasteiger partial charge in [-0.25, -0.2) is 9.48 Å². The van der Waals surface area contributed by atoms with Crippen LogP contribution in [-0.4, -0.2) is 32.6 Å². The first kappa shape index (κ1) is 14.3. The van der Waals surface area contributed by atoms with Gasteiger partial charge < -0.3 is 10.2 Å². The minimum absolute atomic E-state index is 0.0355. The van der Waals surface area contributed by atoms with Crippen molar-refractivity contribution in [2.24, 2.45) is 0 Å². The molecule has 0 bridgehead atoms. The summed E-state index contributed by atoms with van der Waals surface area (Å²) in [6.07, 6.45) is 2.76. The van der Waals surface area contributed by atoms with Crippen LogP contribution in [0, 0.1) is 13.8 Å². The van der Waals surface area contributed by atoms with E-state index in [1.54, 1.807) is 10.9 Å². The quantitative estimate of drug-likeness (QED) is 0.875. The topological polar surface area (TPSA) is 75.4 Å². The van der Waals surface area contributed by atoms with Gasteiger partial charge in [0, 0.05) is 18.4 Å². The number of carbonyl (C=O) groups is 1. The van der Waals surface area contributed by atoms with Gasteiger partial charge in [0.1, 0.15) is 0 Å². The van der Waals surface area contributed by atoms with E-state index in [2.05, 4.69) is 5.10 Å². The molecular formula is C15H18N2O3. The van der Waals surface area contributed by atoms with Crippen molar-refractivity contribution in [2.75, 3.05) is 6.61 Å².